The molecule has 158 valence electrons. The van der Waals surface area contributed by atoms with Gasteiger partial charge in [0, 0.05) is 16.1 Å². The zero-order valence-corrected chi connectivity index (χ0v) is 16.7. The molecule has 1 aromatic heterocycles. The quantitative estimate of drug-likeness (QED) is 0.527. The lowest BCUT2D eigenvalue weighted by Gasteiger charge is -2.09. The van der Waals surface area contributed by atoms with Crippen LogP contribution in [0, 0.1) is 0 Å². The van der Waals surface area contributed by atoms with E-state index in [2.05, 4.69) is 10.3 Å². The van der Waals surface area contributed by atoms with Crippen LogP contribution in [0.1, 0.15) is 10.4 Å². The molecule has 2 aromatic carbocycles. The van der Waals surface area contributed by atoms with Gasteiger partial charge in [-0.1, -0.05) is 6.07 Å². The molecule has 0 aliphatic rings. The number of ether oxygens (including phenoxy) is 2. The molecule has 0 aliphatic carbocycles. The van der Waals surface area contributed by atoms with Crippen LogP contribution in [-0.2, 0) is 17.4 Å². The van der Waals surface area contributed by atoms with Gasteiger partial charge in [-0.15, -0.1) is 11.3 Å². The van der Waals surface area contributed by atoms with E-state index in [9.17, 15) is 23.1 Å². The van der Waals surface area contributed by atoms with Crippen LogP contribution in [0.2, 0.25) is 0 Å². The van der Waals surface area contributed by atoms with Gasteiger partial charge in [-0.25, -0.2) is 4.98 Å². The summed E-state index contributed by atoms with van der Waals surface area (Å²) in [4.78, 5) is 16.2. The van der Waals surface area contributed by atoms with Gasteiger partial charge >= 0.3 is 12.1 Å². The van der Waals surface area contributed by atoms with Gasteiger partial charge < -0.3 is 19.9 Å². The van der Waals surface area contributed by atoms with Crippen molar-refractivity contribution in [1.29, 1.82) is 0 Å². The molecule has 0 saturated heterocycles. The molecule has 0 saturated carbocycles. The second kappa shape index (κ2) is 8.62. The Morgan fingerprint density at radius 1 is 1.13 bits per heavy atom. The molecule has 1 heterocycles. The number of aliphatic carboxylic acids is 1. The third kappa shape index (κ3) is 4.82. The van der Waals surface area contributed by atoms with Crippen molar-refractivity contribution in [3.63, 3.8) is 0 Å². The highest BCUT2D eigenvalue weighted by Crippen LogP contribution is 2.38. The Labute approximate surface area is 173 Å². The van der Waals surface area contributed by atoms with Crippen LogP contribution < -0.4 is 14.8 Å². The van der Waals surface area contributed by atoms with Crippen LogP contribution >= 0.6 is 11.3 Å². The maximum absolute atomic E-state index is 12.9. The molecule has 0 bridgehead atoms. The first kappa shape index (κ1) is 21.4. The molecule has 10 heteroatoms. The van der Waals surface area contributed by atoms with Crippen molar-refractivity contribution < 1.29 is 32.5 Å². The van der Waals surface area contributed by atoms with E-state index in [4.69, 9.17) is 9.47 Å². The highest BCUT2D eigenvalue weighted by Gasteiger charge is 2.30. The topological polar surface area (TPSA) is 80.7 Å². The highest BCUT2D eigenvalue weighted by atomic mass is 32.1. The monoisotopic (exact) mass is 438 g/mol. The van der Waals surface area contributed by atoms with Crippen LogP contribution in [0.15, 0.2) is 42.5 Å². The molecule has 3 aromatic rings. The smallest absolute Gasteiger partial charge is 0.416 e. The van der Waals surface area contributed by atoms with Gasteiger partial charge in [0.25, 0.3) is 0 Å². The fourth-order valence-electron chi connectivity index (χ4n) is 2.77. The van der Waals surface area contributed by atoms with Crippen LogP contribution in [-0.4, -0.2) is 30.3 Å². The molecule has 2 N–H and O–H groups in total. The summed E-state index contributed by atoms with van der Waals surface area (Å²) in [7, 11) is 2.97. The molecular formula is C20H17F3N2O4S. The summed E-state index contributed by atoms with van der Waals surface area (Å²) in [6.07, 6.45) is -4.76. The van der Waals surface area contributed by atoms with E-state index < -0.39 is 17.7 Å². The molecule has 0 unspecified atom stereocenters. The number of alkyl halides is 3. The normalized spacial score (nSPS) is 11.2. The number of aromatic nitrogens is 1. The number of thiazole rings is 1. The maximum atomic E-state index is 12.9. The molecule has 30 heavy (non-hydrogen) atoms. The lowest BCUT2D eigenvalue weighted by molar-refractivity contribution is -0.138. The second-order valence-corrected chi connectivity index (χ2v) is 7.22. The molecule has 0 radical (unpaired) electrons. The van der Waals surface area contributed by atoms with Crippen molar-refractivity contribution in [3.05, 3.63) is 52.9 Å². The summed E-state index contributed by atoms with van der Waals surface area (Å²) in [5, 5.41) is 12.3. The second-order valence-electron chi connectivity index (χ2n) is 6.13. The highest BCUT2D eigenvalue weighted by molar-refractivity contribution is 7.16. The molecular weight excluding hydrogens is 421 g/mol. The van der Waals surface area contributed by atoms with Gasteiger partial charge in [-0.2, -0.15) is 13.2 Å². The summed E-state index contributed by atoms with van der Waals surface area (Å²) >= 11 is 1.06. The van der Waals surface area contributed by atoms with Crippen molar-refractivity contribution in [2.45, 2.75) is 12.6 Å². The van der Waals surface area contributed by atoms with E-state index in [-0.39, 0.29) is 17.2 Å². The number of rotatable bonds is 7. The zero-order chi connectivity index (χ0) is 21.9. The van der Waals surface area contributed by atoms with Gasteiger partial charge in [0.1, 0.15) is 0 Å². The number of methoxy groups -OCH3 is 2. The molecule has 0 spiro atoms. The first-order valence-electron chi connectivity index (χ1n) is 8.59. The number of halogens is 3. The average molecular weight is 438 g/mol. The SMILES string of the molecule is COc1ccc(-c2nc(Nc3cccc(C(F)(F)F)c3)sc2CC(=O)O)cc1OC. The number of benzene rings is 2. The minimum Gasteiger partial charge on any atom is -0.493 e. The van der Waals surface area contributed by atoms with E-state index in [0.717, 1.165) is 23.5 Å². The number of carboxylic acids is 1. The predicted octanol–water partition coefficient (Wildman–Crippen LogP) is 5.22. The van der Waals surface area contributed by atoms with Gasteiger partial charge in [0.15, 0.2) is 16.6 Å². The number of nitrogens with one attached hydrogen (secondary N) is 1. The molecule has 0 fully saturated rings. The summed E-state index contributed by atoms with van der Waals surface area (Å²) in [6.45, 7) is 0. The van der Waals surface area contributed by atoms with Gasteiger partial charge in [-0.05, 0) is 36.4 Å². The average Bonchev–Trinajstić information content (AvgIpc) is 3.08. The summed E-state index contributed by atoms with van der Waals surface area (Å²) in [5.74, 6) is -0.110. The van der Waals surface area contributed by atoms with Crippen molar-refractivity contribution in [3.8, 4) is 22.8 Å². The summed E-state index contributed by atoms with van der Waals surface area (Å²) in [5.41, 5.74) is 0.393. The standard InChI is InChI=1S/C20H17F3N2O4S/c1-28-14-7-6-11(8-15(14)29-2)18-16(10-17(26)27)30-19(25-18)24-13-5-3-4-12(9-13)20(21,22)23/h3-9H,10H2,1-2H3,(H,24,25)(H,26,27). The summed E-state index contributed by atoms with van der Waals surface area (Å²) < 4.78 is 49.3. The Bertz CT molecular complexity index is 1070. The lowest BCUT2D eigenvalue weighted by atomic mass is 10.1. The largest absolute Gasteiger partial charge is 0.493 e. The summed E-state index contributed by atoms with van der Waals surface area (Å²) in [6, 6.07) is 9.73. The first-order chi connectivity index (χ1) is 14.2. The number of anilines is 2. The molecule has 0 amide bonds. The fourth-order valence-corrected chi connectivity index (χ4v) is 3.76. The van der Waals surface area contributed by atoms with E-state index in [1.807, 2.05) is 0 Å². The first-order valence-corrected chi connectivity index (χ1v) is 9.41. The number of carboxylic acid groups (broad SMARTS) is 1. The molecule has 0 aliphatic heterocycles. The molecule has 6 nitrogen and oxygen atoms in total. The number of hydrogen-bond acceptors (Lipinski definition) is 6. The Morgan fingerprint density at radius 2 is 1.87 bits per heavy atom. The third-order valence-electron chi connectivity index (χ3n) is 4.11. The van der Waals surface area contributed by atoms with Crippen LogP contribution in [0.4, 0.5) is 24.0 Å². The Morgan fingerprint density at radius 3 is 2.50 bits per heavy atom. The Kier molecular flexibility index (Phi) is 6.16. The van der Waals surface area contributed by atoms with Crippen LogP contribution in [0.25, 0.3) is 11.3 Å². The van der Waals surface area contributed by atoms with Crippen molar-refractivity contribution in [1.82, 2.24) is 4.98 Å². The van der Waals surface area contributed by atoms with Crippen LogP contribution in [0.5, 0.6) is 11.5 Å². The number of hydrogen-bond donors (Lipinski definition) is 2. The van der Waals surface area contributed by atoms with Gasteiger partial charge in [0.05, 0.1) is 31.9 Å². The van der Waals surface area contributed by atoms with Gasteiger partial charge in [-0.3, -0.25) is 4.79 Å². The Balaban J connectivity index is 1.99. The zero-order valence-electron chi connectivity index (χ0n) is 15.9. The van der Waals surface area contributed by atoms with Crippen molar-refractivity contribution in [2.75, 3.05) is 19.5 Å². The fraction of sp³-hybridized carbons (Fsp3) is 0.200. The van der Waals surface area contributed by atoms with E-state index in [1.165, 1.54) is 26.4 Å². The van der Waals surface area contributed by atoms with E-state index >= 15 is 0 Å². The lowest BCUT2D eigenvalue weighted by Crippen LogP contribution is -2.05. The van der Waals surface area contributed by atoms with Crippen LogP contribution in [0.3, 0.4) is 0 Å². The minimum atomic E-state index is -4.47. The minimum absolute atomic E-state index is 0.194. The van der Waals surface area contributed by atoms with E-state index in [0.29, 0.717) is 27.6 Å². The van der Waals surface area contributed by atoms with E-state index in [1.54, 1.807) is 18.2 Å². The number of carbonyl (C=O) groups is 1. The van der Waals surface area contributed by atoms with Crippen molar-refractivity contribution in [2.24, 2.45) is 0 Å². The molecule has 0 atom stereocenters. The third-order valence-corrected chi connectivity index (χ3v) is 5.08. The maximum Gasteiger partial charge on any atom is 0.416 e. The Hall–Kier alpha value is -3.27. The molecule has 3 rings (SSSR count). The van der Waals surface area contributed by atoms with Gasteiger partial charge in [0.2, 0.25) is 0 Å². The van der Waals surface area contributed by atoms with Crippen molar-refractivity contribution >= 4 is 28.1 Å². The number of nitrogens with zero attached hydrogens (tertiary/aromatic N) is 1. The predicted molar refractivity (Wildman–Crippen MR) is 107 cm³/mol.